The standard InChI is InChI=1S/C14H21ClN4S2/c1-4-5-6-16-13(20)18-19-14(21)17-12-10(3)7-9(2)8-11(12)15/h7-8H,4-6H2,1-3H3,(H2,16,18,20)(H2,17,19,21). The Morgan fingerprint density at radius 3 is 2.43 bits per heavy atom. The number of halogens is 1. The van der Waals surface area contributed by atoms with Gasteiger partial charge >= 0.3 is 0 Å². The van der Waals surface area contributed by atoms with E-state index in [0.717, 1.165) is 36.2 Å². The van der Waals surface area contributed by atoms with Crippen molar-refractivity contribution in [1.29, 1.82) is 0 Å². The summed E-state index contributed by atoms with van der Waals surface area (Å²) in [6.07, 6.45) is 2.19. The van der Waals surface area contributed by atoms with Gasteiger partial charge in [0, 0.05) is 6.54 Å². The van der Waals surface area contributed by atoms with Crippen molar-refractivity contribution in [3.8, 4) is 0 Å². The van der Waals surface area contributed by atoms with Crippen LogP contribution in [0.2, 0.25) is 5.02 Å². The molecule has 7 heteroatoms. The molecule has 1 aromatic rings. The van der Waals surface area contributed by atoms with Gasteiger partial charge in [0.25, 0.3) is 0 Å². The predicted octanol–water partition coefficient (Wildman–Crippen LogP) is 3.42. The van der Waals surface area contributed by atoms with E-state index in [4.69, 9.17) is 36.0 Å². The highest BCUT2D eigenvalue weighted by atomic mass is 35.5. The van der Waals surface area contributed by atoms with Crippen molar-refractivity contribution in [2.24, 2.45) is 0 Å². The lowest BCUT2D eigenvalue weighted by atomic mass is 10.1. The summed E-state index contributed by atoms with van der Waals surface area (Å²) >= 11 is 16.5. The minimum Gasteiger partial charge on any atom is -0.361 e. The average Bonchev–Trinajstić information content (AvgIpc) is 2.41. The minimum atomic E-state index is 0.406. The van der Waals surface area contributed by atoms with Crippen molar-refractivity contribution >= 4 is 51.9 Å². The van der Waals surface area contributed by atoms with E-state index in [2.05, 4.69) is 28.4 Å². The molecule has 0 bridgehead atoms. The van der Waals surface area contributed by atoms with Crippen LogP contribution < -0.4 is 21.5 Å². The number of benzene rings is 1. The van der Waals surface area contributed by atoms with Crippen molar-refractivity contribution in [3.05, 3.63) is 28.3 Å². The summed E-state index contributed by atoms with van der Waals surface area (Å²) in [6.45, 7) is 6.95. The largest absolute Gasteiger partial charge is 0.361 e. The summed E-state index contributed by atoms with van der Waals surface area (Å²) in [6, 6.07) is 3.94. The lowest BCUT2D eigenvalue weighted by Crippen LogP contribution is -2.48. The summed E-state index contributed by atoms with van der Waals surface area (Å²) in [5, 5.41) is 7.70. The molecular formula is C14H21ClN4S2. The van der Waals surface area contributed by atoms with E-state index in [-0.39, 0.29) is 0 Å². The first-order valence-electron chi connectivity index (χ1n) is 6.81. The van der Waals surface area contributed by atoms with Gasteiger partial charge in [-0.1, -0.05) is 31.0 Å². The van der Waals surface area contributed by atoms with Gasteiger partial charge in [-0.2, -0.15) is 0 Å². The molecule has 0 unspecified atom stereocenters. The molecule has 1 aromatic carbocycles. The molecule has 0 aliphatic rings. The van der Waals surface area contributed by atoms with E-state index in [9.17, 15) is 0 Å². The van der Waals surface area contributed by atoms with Crippen LogP contribution in [0.5, 0.6) is 0 Å². The fourth-order valence-electron chi connectivity index (χ4n) is 1.76. The fourth-order valence-corrected chi connectivity index (χ4v) is 2.43. The fraction of sp³-hybridized carbons (Fsp3) is 0.429. The monoisotopic (exact) mass is 344 g/mol. The minimum absolute atomic E-state index is 0.406. The van der Waals surface area contributed by atoms with Crippen molar-refractivity contribution in [3.63, 3.8) is 0 Å². The molecule has 0 saturated carbocycles. The molecule has 0 aromatic heterocycles. The number of unbranched alkanes of at least 4 members (excludes halogenated alkanes) is 1. The number of anilines is 1. The Bertz CT molecular complexity index is 497. The molecule has 0 fully saturated rings. The molecule has 4 N–H and O–H groups in total. The molecule has 0 heterocycles. The van der Waals surface area contributed by atoms with Crippen LogP contribution in [0.15, 0.2) is 12.1 Å². The van der Waals surface area contributed by atoms with Crippen LogP contribution >= 0.6 is 36.0 Å². The van der Waals surface area contributed by atoms with Crippen molar-refractivity contribution in [2.75, 3.05) is 11.9 Å². The highest BCUT2D eigenvalue weighted by Crippen LogP contribution is 2.27. The number of thiocarbonyl (C=S) groups is 2. The van der Waals surface area contributed by atoms with Gasteiger partial charge in [-0.15, -0.1) is 0 Å². The maximum atomic E-state index is 6.22. The summed E-state index contributed by atoms with van der Waals surface area (Å²) in [5.74, 6) is 0. The first kappa shape index (κ1) is 17.9. The quantitative estimate of drug-likeness (QED) is 0.381. The van der Waals surface area contributed by atoms with Crippen LogP contribution in [0.3, 0.4) is 0 Å². The zero-order valence-corrected chi connectivity index (χ0v) is 14.9. The second-order valence-corrected chi connectivity index (χ2v) is 5.98. The van der Waals surface area contributed by atoms with E-state index >= 15 is 0 Å². The molecule has 0 atom stereocenters. The third-order valence-corrected chi connectivity index (χ3v) is 3.52. The van der Waals surface area contributed by atoms with Gasteiger partial charge in [0.05, 0.1) is 10.7 Å². The molecule has 0 aliphatic carbocycles. The number of rotatable bonds is 4. The Hall–Kier alpha value is -1.11. The molecule has 21 heavy (non-hydrogen) atoms. The number of hydrazine groups is 1. The Labute approximate surface area is 142 Å². The molecule has 0 aliphatic heterocycles. The predicted molar refractivity (Wildman–Crippen MR) is 98.9 cm³/mol. The van der Waals surface area contributed by atoms with Crippen LogP contribution in [0.4, 0.5) is 5.69 Å². The average molecular weight is 345 g/mol. The molecular weight excluding hydrogens is 324 g/mol. The number of aryl methyl sites for hydroxylation is 2. The Balaban J connectivity index is 2.46. The molecule has 0 amide bonds. The second-order valence-electron chi connectivity index (χ2n) is 4.75. The smallest absolute Gasteiger partial charge is 0.189 e. The molecule has 1 rings (SSSR count). The van der Waals surface area contributed by atoms with Crippen LogP contribution in [-0.2, 0) is 0 Å². The zero-order valence-electron chi connectivity index (χ0n) is 12.5. The van der Waals surface area contributed by atoms with Gasteiger partial charge in [-0.05, 0) is 61.9 Å². The Morgan fingerprint density at radius 1 is 1.14 bits per heavy atom. The van der Waals surface area contributed by atoms with Gasteiger partial charge < -0.3 is 10.6 Å². The third-order valence-electron chi connectivity index (χ3n) is 2.78. The molecule has 0 saturated heterocycles. The highest BCUT2D eigenvalue weighted by Gasteiger charge is 2.07. The van der Waals surface area contributed by atoms with Crippen molar-refractivity contribution < 1.29 is 0 Å². The van der Waals surface area contributed by atoms with E-state index in [1.807, 2.05) is 26.0 Å². The number of hydrogen-bond donors (Lipinski definition) is 4. The maximum Gasteiger partial charge on any atom is 0.189 e. The highest BCUT2D eigenvalue weighted by molar-refractivity contribution is 7.80. The lowest BCUT2D eigenvalue weighted by Gasteiger charge is -2.16. The number of hydrogen-bond acceptors (Lipinski definition) is 2. The Kier molecular flexibility index (Phi) is 7.71. The van der Waals surface area contributed by atoms with Crippen LogP contribution in [0.25, 0.3) is 0 Å². The maximum absolute atomic E-state index is 6.22. The summed E-state index contributed by atoms with van der Waals surface area (Å²) in [5.41, 5.74) is 8.62. The van der Waals surface area contributed by atoms with Crippen molar-refractivity contribution in [1.82, 2.24) is 16.2 Å². The van der Waals surface area contributed by atoms with Gasteiger partial charge in [0.2, 0.25) is 0 Å². The summed E-state index contributed by atoms with van der Waals surface area (Å²) < 4.78 is 0. The summed E-state index contributed by atoms with van der Waals surface area (Å²) in [7, 11) is 0. The second kappa shape index (κ2) is 9.02. The molecule has 0 radical (unpaired) electrons. The van der Waals surface area contributed by atoms with Crippen LogP contribution in [0.1, 0.15) is 30.9 Å². The first-order chi connectivity index (χ1) is 9.93. The molecule has 0 spiro atoms. The first-order valence-corrected chi connectivity index (χ1v) is 8.01. The van der Waals surface area contributed by atoms with Crippen LogP contribution in [0, 0.1) is 13.8 Å². The molecule has 4 nitrogen and oxygen atoms in total. The van der Waals surface area contributed by atoms with Gasteiger partial charge in [-0.3, -0.25) is 10.9 Å². The van der Waals surface area contributed by atoms with E-state index in [1.165, 1.54) is 0 Å². The van der Waals surface area contributed by atoms with Gasteiger partial charge in [-0.25, -0.2) is 0 Å². The van der Waals surface area contributed by atoms with E-state index < -0.39 is 0 Å². The number of nitrogens with one attached hydrogen (secondary N) is 4. The van der Waals surface area contributed by atoms with Crippen molar-refractivity contribution in [2.45, 2.75) is 33.6 Å². The third kappa shape index (κ3) is 6.46. The van der Waals surface area contributed by atoms with Gasteiger partial charge in [0.1, 0.15) is 0 Å². The lowest BCUT2D eigenvalue weighted by molar-refractivity contribution is 0.732. The summed E-state index contributed by atoms with van der Waals surface area (Å²) in [4.78, 5) is 0. The van der Waals surface area contributed by atoms with E-state index in [1.54, 1.807) is 0 Å². The van der Waals surface area contributed by atoms with Gasteiger partial charge in [0.15, 0.2) is 10.2 Å². The van der Waals surface area contributed by atoms with Crippen LogP contribution in [-0.4, -0.2) is 16.8 Å². The SMILES string of the molecule is CCCCNC(=S)NNC(=S)Nc1c(C)cc(C)cc1Cl. The zero-order chi connectivity index (χ0) is 15.8. The van der Waals surface area contributed by atoms with E-state index in [0.29, 0.717) is 15.2 Å². The Morgan fingerprint density at radius 2 is 1.81 bits per heavy atom. The molecule has 116 valence electrons. The normalized spacial score (nSPS) is 9.90. The topological polar surface area (TPSA) is 48.1 Å².